The summed E-state index contributed by atoms with van der Waals surface area (Å²) in [6.45, 7) is 6.04. The van der Waals surface area contributed by atoms with Crippen molar-refractivity contribution in [3.05, 3.63) is 35.4 Å². The SMILES string of the molecule is CC(CC(=O)N1Cc2ccccc2C1)C1CCCNC1.Cl. The molecule has 3 nitrogen and oxygen atoms in total. The Bertz CT molecular complexity index is 460. The molecule has 2 atom stereocenters. The van der Waals surface area contributed by atoms with Gasteiger partial charge in [0, 0.05) is 19.5 Å². The van der Waals surface area contributed by atoms with Gasteiger partial charge in [-0.05, 0) is 48.9 Å². The molecule has 1 fully saturated rings. The third kappa shape index (κ3) is 3.78. The number of halogens is 1. The first-order valence-corrected chi connectivity index (χ1v) is 7.79. The van der Waals surface area contributed by atoms with Gasteiger partial charge >= 0.3 is 0 Å². The Morgan fingerprint density at radius 2 is 2.00 bits per heavy atom. The molecule has 0 spiro atoms. The van der Waals surface area contributed by atoms with E-state index in [1.165, 1.54) is 24.0 Å². The molecule has 1 N–H and O–H groups in total. The molecule has 0 saturated carbocycles. The van der Waals surface area contributed by atoms with E-state index in [9.17, 15) is 4.79 Å². The number of piperidine rings is 1. The molecular weight excluding hydrogens is 284 g/mol. The van der Waals surface area contributed by atoms with Gasteiger partial charge in [0.05, 0.1) is 0 Å². The Hall–Kier alpha value is -1.06. The van der Waals surface area contributed by atoms with E-state index >= 15 is 0 Å². The summed E-state index contributed by atoms with van der Waals surface area (Å²) in [7, 11) is 0. The molecule has 0 aromatic heterocycles. The number of benzene rings is 1. The van der Waals surface area contributed by atoms with Crippen molar-refractivity contribution in [3.8, 4) is 0 Å². The fourth-order valence-corrected chi connectivity index (χ4v) is 3.45. The highest BCUT2D eigenvalue weighted by Crippen LogP contribution is 2.27. The molecule has 116 valence electrons. The Morgan fingerprint density at radius 1 is 1.33 bits per heavy atom. The Labute approximate surface area is 133 Å². The third-order valence-electron chi connectivity index (χ3n) is 4.83. The van der Waals surface area contributed by atoms with Gasteiger partial charge in [-0.3, -0.25) is 4.79 Å². The average Bonchev–Trinajstić information content (AvgIpc) is 2.92. The molecule has 21 heavy (non-hydrogen) atoms. The highest BCUT2D eigenvalue weighted by atomic mass is 35.5. The van der Waals surface area contributed by atoms with E-state index < -0.39 is 0 Å². The number of rotatable bonds is 3. The quantitative estimate of drug-likeness (QED) is 0.931. The lowest BCUT2D eigenvalue weighted by Gasteiger charge is -2.29. The molecule has 0 aliphatic carbocycles. The number of hydrogen-bond acceptors (Lipinski definition) is 2. The monoisotopic (exact) mass is 308 g/mol. The average molecular weight is 309 g/mol. The fourth-order valence-electron chi connectivity index (χ4n) is 3.45. The molecule has 2 aliphatic rings. The van der Waals surface area contributed by atoms with E-state index in [1.807, 2.05) is 4.90 Å². The number of hydrogen-bond donors (Lipinski definition) is 1. The van der Waals surface area contributed by atoms with Crippen LogP contribution in [0.25, 0.3) is 0 Å². The summed E-state index contributed by atoms with van der Waals surface area (Å²) in [5.41, 5.74) is 2.63. The number of carbonyl (C=O) groups is 1. The molecule has 1 amide bonds. The summed E-state index contributed by atoms with van der Waals surface area (Å²) in [6, 6.07) is 8.39. The summed E-state index contributed by atoms with van der Waals surface area (Å²) in [6.07, 6.45) is 3.21. The van der Waals surface area contributed by atoms with Crippen molar-refractivity contribution in [2.75, 3.05) is 13.1 Å². The van der Waals surface area contributed by atoms with Crippen molar-refractivity contribution in [1.29, 1.82) is 0 Å². The maximum Gasteiger partial charge on any atom is 0.223 e. The van der Waals surface area contributed by atoms with E-state index in [2.05, 4.69) is 36.5 Å². The van der Waals surface area contributed by atoms with Crippen molar-refractivity contribution in [2.24, 2.45) is 11.8 Å². The van der Waals surface area contributed by atoms with Crippen molar-refractivity contribution < 1.29 is 4.79 Å². The smallest absolute Gasteiger partial charge is 0.223 e. The molecule has 1 aromatic rings. The van der Waals surface area contributed by atoms with Gasteiger partial charge in [-0.15, -0.1) is 12.4 Å². The minimum Gasteiger partial charge on any atom is -0.334 e. The molecule has 3 rings (SSSR count). The molecule has 1 saturated heterocycles. The highest BCUT2D eigenvalue weighted by Gasteiger charge is 2.27. The molecule has 2 unspecified atom stereocenters. The van der Waals surface area contributed by atoms with Crippen molar-refractivity contribution in [1.82, 2.24) is 10.2 Å². The summed E-state index contributed by atoms with van der Waals surface area (Å²) in [5.74, 6) is 1.47. The molecule has 0 bridgehead atoms. The molecular formula is C17H25ClN2O. The first-order chi connectivity index (χ1) is 9.74. The maximum atomic E-state index is 12.5. The van der Waals surface area contributed by atoms with Crippen LogP contribution < -0.4 is 5.32 Å². The van der Waals surface area contributed by atoms with Crippen LogP contribution in [0.2, 0.25) is 0 Å². The molecule has 2 heterocycles. The standard InChI is InChI=1S/C17H24N2O.ClH/c1-13(14-7-4-8-18-10-14)9-17(20)19-11-15-5-2-3-6-16(15)12-19;/h2-3,5-6,13-14,18H,4,7-12H2,1H3;1H. The van der Waals surface area contributed by atoms with Gasteiger partial charge in [-0.2, -0.15) is 0 Å². The first kappa shape index (κ1) is 16.3. The van der Waals surface area contributed by atoms with Crippen LogP contribution in [0.1, 0.15) is 37.3 Å². The molecule has 0 radical (unpaired) electrons. The molecule has 4 heteroatoms. The number of amides is 1. The summed E-state index contributed by atoms with van der Waals surface area (Å²) in [4.78, 5) is 14.5. The zero-order valence-electron chi connectivity index (χ0n) is 12.7. The van der Waals surface area contributed by atoms with Gasteiger partial charge < -0.3 is 10.2 Å². The molecule has 2 aliphatic heterocycles. The zero-order chi connectivity index (χ0) is 13.9. The lowest BCUT2D eigenvalue weighted by atomic mass is 9.85. The summed E-state index contributed by atoms with van der Waals surface area (Å²) in [5, 5.41) is 3.45. The van der Waals surface area contributed by atoms with Crippen LogP contribution in [0.15, 0.2) is 24.3 Å². The Kier molecular flexibility index (Phi) is 5.65. The van der Waals surface area contributed by atoms with Gasteiger partial charge in [-0.1, -0.05) is 31.2 Å². The number of nitrogens with zero attached hydrogens (tertiary/aromatic N) is 1. The van der Waals surface area contributed by atoms with E-state index in [1.54, 1.807) is 0 Å². The second-order valence-electron chi connectivity index (χ2n) is 6.31. The zero-order valence-corrected chi connectivity index (χ0v) is 13.5. The third-order valence-corrected chi connectivity index (χ3v) is 4.83. The number of nitrogens with one attached hydrogen (secondary N) is 1. The number of carbonyl (C=O) groups excluding carboxylic acids is 1. The van der Waals surface area contributed by atoms with Crippen LogP contribution in [-0.2, 0) is 17.9 Å². The normalized spacial score (nSPS) is 22.3. The van der Waals surface area contributed by atoms with E-state index in [-0.39, 0.29) is 12.4 Å². The van der Waals surface area contributed by atoms with E-state index in [0.29, 0.717) is 24.2 Å². The van der Waals surface area contributed by atoms with Crippen LogP contribution in [0, 0.1) is 11.8 Å². The minimum absolute atomic E-state index is 0. The van der Waals surface area contributed by atoms with Crippen LogP contribution in [0.3, 0.4) is 0 Å². The summed E-state index contributed by atoms with van der Waals surface area (Å²) < 4.78 is 0. The van der Waals surface area contributed by atoms with E-state index in [0.717, 1.165) is 26.2 Å². The second kappa shape index (κ2) is 7.28. The predicted octanol–water partition coefficient (Wildman–Crippen LogP) is 2.98. The van der Waals surface area contributed by atoms with Crippen LogP contribution in [-0.4, -0.2) is 23.9 Å². The Balaban J connectivity index is 0.00000161. The molecule has 1 aromatic carbocycles. The van der Waals surface area contributed by atoms with Crippen molar-refractivity contribution >= 4 is 18.3 Å². The fraction of sp³-hybridized carbons (Fsp3) is 0.588. The lowest BCUT2D eigenvalue weighted by molar-refractivity contribution is -0.133. The van der Waals surface area contributed by atoms with Gasteiger partial charge in [0.1, 0.15) is 0 Å². The topological polar surface area (TPSA) is 32.3 Å². The van der Waals surface area contributed by atoms with Crippen LogP contribution in [0.5, 0.6) is 0 Å². The van der Waals surface area contributed by atoms with Gasteiger partial charge in [0.2, 0.25) is 5.91 Å². The van der Waals surface area contributed by atoms with Gasteiger partial charge in [0.25, 0.3) is 0 Å². The largest absolute Gasteiger partial charge is 0.334 e. The van der Waals surface area contributed by atoms with Crippen molar-refractivity contribution in [2.45, 2.75) is 39.3 Å². The Morgan fingerprint density at radius 3 is 2.57 bits per heavy atom. The maximum absolute atomic E-state index is 12.5. The first-order valence-electron chi connectivity index (χ1n) is 7.79. The summed E-state index contributed by atoms with van der Waals surface area (Å²) >= 11 is 0. The van der Waals surface area contributed by atoms with Crippen LogP contribution >= 0.6 is 12.4 Å². The van der Waals surface area contributed by atoms with Crippen LogP contribution in [0.4, 0.5) is 0 Å². The highest BCUT2D eigenvalue weighted by molar-refractivity contribution is 5.85. The lowest BCUT2D eigenvalue weighted by Crippen LogP contribution is -2.35. The van der Waals surface area contributed by atoms with Gasteiger partial charge in [-0.25, -0.2) is 0 Å². The predicted molar refractivity (Wildman–Crippen MR) is 87.3 cm³/mol. The minimum atomic E-state index is 0. The van der Waals surface area contributed by atoms with Crippen molar-refractivity contribution in [3.63, 3.8) is 0 Å². The second-order valence-corrected chi connectivity index (χ2v) is 6.31. The van der Waals surface area contributed by atoms with E-state index in [4.69, 9.17) is 0 Å². The van der Waals surface area contributed by atoms with Gasteiger partial charge in [0.15, 0.2) is 0 Å². The number of fused-ring (bicyclic) bond motifs is 1.